The Kier molecular flexibility index (Phi) is 6.05. The average Bonchev–Trinajstić information content (AvgIpc) is 3.30. The van der Waals surface area contributed by atoms with Crippen molar-refractivity contribution in [2.75, 3.05) is 32.6 Å². The number of anilines is 1. The summed E-state index contributed by atoms with van der Waals surface area (Å²) in [7, 11) is 4.00. The van der Waals surface area contributed by atoms with Gasteiger partial charge in [0, 0.05) is 34.5 Å². The number of carbonyl (C=O) groups is 1. The van der Waals surface area contributed by atoms with E-state index in [1.165, 1.54) is 6.20 Å². The van der Waals surface area contributed by atoms with E-state index in [1.807, 2.05) is 20.2 Å². The van der Waals surface area contributed by atoms with Gasteiger partial charge in [-0.15, -0.1) is 11.3 Å². The molecule has 1 aliphatic heterocycles. The first-order chi connectivity index (χ1) is 18.7. The number of fused-ring (bicyclic) bond motifs is 4. The predicted octanol–water partition coefficient (Wildman–Crippen LogP) is 4.90. The molecule has 0 unspecified atom stereocenters. The molecule has 13 heteroatoms. The maximum atomic E-state index is 16.4. The summed E-state index contributed by atoms with van der Waals surface area (Å²) < 4.78 is 42.7. The fourth-order valence-electron chi connectivity index (χ4n) is 5.18. The van der Waals surface area contributed by atoms with Crippen molar-refractivity contribution in [2.24, 2.45) is 5.41 Å². The minimum absolute atomic E-state index is 0.00258. The minimum Gasteiger partial charge on any atom is -0.465 e. The summed E-state index contributed by atoms with van der Waals surface area (Å²) in [6.45, 7) is 1.51. The zero-order chi connectivity index (χ0) is 27.5. The number of thiophene rings is 1. The van der Waals surface area contributed by atoms with Gasteiger partial charge in [0.25, 0.3) is 0 Å². The molecule has 2 aliphatic rings. The van der Waals surface area contributed by atoms with Gasteiger partial charge in [-0.2, -0.15) is 10.2 Å². The second-order valence-corrected chi connectivity index (χ2v) is 11.1. The van der Waals surface area contributed by atoms with Crippen LogP contribution in [0.15, 0.2) is 12.4 Å². The van der Waals surface area contributed by atoms with Crippen LogP contribution in [0.2, 0.25) is 0 Å². The van der Waals surface area contributed by atoms with Gasteiger partial charge in [-0.3, -0.25) is 10.3 Å². The first kappa shape index (κ1) is 25.3. The number of rotatable bonds is 7. The van der Waals surface area contributed by atoms with Crippen LogP contribution in [-0.2, 0) is 18.0 Å². The zero-order valence-electron chi connectivity index (χ0n) is 21.0. The maximum absolute atomic E-state index is 16.4. The molecule has 4 heterocycles. The van der Waals surface area contributed by atoms with Gasteiger partial charge in [-0.05, 0) is 38.1 Å². The van der Waals surface area contributed by atoms with Crippen LogP contribution in [0, 0.1) is 28.4 Å². The van der Waals surface area contributed by atoms with Crippen molar-refractivity contribution in [3.63, 3.8) is 0 Å². The number of hydrogen-bond donors (Lipinski definition) is 2. The van der Waals surface area contributed by atoms with Gasteiger partial charge >= 0.3 is 12.1 Å². The number of amides is 1. The van der Waals surface area contributed by atoms with E-state index in [-0.39, 0.29) is 62.1 Å². The molecule has 1 aliphatic carbocycles. The lowest BCUT2D eigenvalue weighted by Crippen LogP contribution is -2.27. The van der Waals surface area contributed by atoms with Crippen molar-refractivity contribution >= 4 is 43.4 Å². The highest BCUT2D eigenvalue weighted by molar-refractivity contribution is 7.23. The second kappa shape index (κ2) is 9.33. The fraction of sp³-hybridized carbons (Fsp3) is 0.346. The van der Waals surface area contributed by atoms with Crippen molar-refractivity contribution < 1.29 is 28.2 Å². The number of nitrogens with one attached hydrogen (secondary N) is 1. The molecule has 0 radical (unpaired) electrons. The number of benzene rings is 1. The normalized spacial score (nSPS) is 15.5. The topological polar surface area (TPSA) is 133 Å². The number of aromatic nitrogens is 3. The van der Waals surface area contributed by atoms with E-state index in [2.05, 4.69) is 25.2 Å². The van der Waals surface area contributed by atoms with Gasteiger partial charge in [0.1, 0.15) is 16.6 Å². The van der Waals surface area contributed by atoms with Gasteiger partial charge in [0.05, 0.1) is 42.0 Å². The highest BCUT2D eigenvalue weighted by Gasteiger charge is 2.44. The summed E-state index contributed by atoms with van der Waals surface area (Å²) >= 11 is 0.744. The smallest absolute Gasteiger partial charge is 0.409 e. The third kappa shape index (κ3) is 4.30. The molecule has 1 aromatic carbocycles. The average molecular weight is 553 g/mol. The molecule has 4 aromatic rings. The SMILES string of the molecule is CN(C)CC1(COc2ncc3c4c(c(-c5ncc(F)c6sc(NC(=O)O)c(C#N)c56)c(F)c3n2)COC4)CC1. The third-order valence-electron chi connectivity index (χ3n) is 7.03. The van der Waals surface area contributed by atoms with Crippen molar-refractivity contribution in [3.8, 4) is 23.3 Å². The first-order valence-corrected chi connectivity index (χ1v) is 12.9. The molecule has 2 N–H and O–H groups in total. The summed E-state index contributed by atoms with van der Waals surface area (Å²) in [5, 5.41) is 21.6. The Labute approximate surface area is 224 Å². The predicted molar refractivity (Wildman–Crippen MR) is 139 cm³/mol. The van der Waals surface area contributed by atoms with E-state index >= 15 is 4.39 Å². The molecule has 1 fully saturated rings. The maximum Gasteiger partial charge on any atom is 0.409 e. The second-order valence-electron chi connectivity index (χ2n) is 10.1. The minimum atomic E-state index is -1.41. The standard InChI is InChI=1S/C26H22F2N6O4S/c1-34(2)10-26(3-4-26)11-38-24-31-6-13-14-8-37-9-15(14)17(19(28)20(13)32-24)21-18-12(5-29)23(33-25(35)36)39-22(18)16(27)7-30-21/h6-7,33H,3-4,8-11H2,1-2H3,(H,35,36). The van der Waals surface area contributed by atoms with Gasteiger partial charge in [-0.1, -0.05) is 0 Å². The molecule has 10 nitrogen and oxygen atoms in total. The molecular weight excluding hydrogens is 530 g/mol. The van der Waals surface area contributed by atoms with Gasteiger partial charge in [0.2, 0.25) is 0 Å². The Hall–Kier alpha value is -3.99. The number of ether oxygens (including phenoxy) is 2. The van der Waals surface area contributed by atoms with E-state index in [0.717, 1.165) is 36.9 Å². The van der Waals surface area contributed by atoms with Gasteiger partial charge in [0.15, 0.2) is 11.6 Å². The van der Waals surface area contributed by atoms with Crippen LogP contribution in [0.3, 0.4) is 0 Å². The van der Waals surface area contributed by atoms with E-state index in [9.17, 15) is 19.6 Å². The first-order valence-electron chi connectivity index (χ1n) is 12.1. The highest BCUT2D eigenvalue weighted by Crippen LogP contribution is 2.47. The van der Waals surface area contributed by atoms with Crippen LogP contribution in [0.4, 0.5) is 18.6 Å². The molecule has 0 atom stereocenters. The monoisotopic (exact) mass is 552 g/mol. The van der Waals surface area contributed by atoms with E-state index < -0.39 is 17.7 Å². The van der Waals surface area contributed by atoms with Crippen LogP contribution in [0.25, 0.3) is 32.2 Å². The molecule has 0 bridgehead atoms. The lowest BCUT2D eigenvalue weighted by Gasteiger charge is -2.20. The van der Waals surface area contributed by atoms with Crippen LogP contribution in [0.5, 0.6) is 6.01 Å². The third-order valence-corrected chi connectivity index (χ3v) is 8.15. The Morgan fingerprint density at radius 2 is 2.05 bits per heavy atom. The fourth-order valence-corrected chi connectivity index (χ4v) is 6.22. The molecule has 3 aromatic heterocycles. The lowest BCUT2D eigenvalue weighted by molar-refractivity contribution is 0.135. The summed E-state index contributed by atoms with van der Waals surface area (Å²) in [5.41, 5.74) is 1.05. The number of pyridine rings is 1. The van der Waals surface area contributed by atoms with E-state index in [0.29, 0.717) is 23.1 Å². The summed E-state index contributed by atoms with van der Waals surface area (Å²) in [5.74, 6) is -1.49. The molecular formula is C26H22F2N6O4S. The molecule has 0 saturated heterocycles. The number of hydrogen-bond acceptors (Lipinski definition) is 9. The Balaban J connectivity index is 1.52. The largest absolute Gasteiger partial charge is 0.465 e. The lowest BCUT2D eigenvalue weighted by atomic mass is 9.94. The number of halogens is 2. The number of carboxylic acid groups (broad SMARTS) is 1. The molecule has 200 valence electrons. The zero-order valence-corrected chi connectivity index (χ0v) is 21.8. The molecule has 1 amide bonds. The molecule has 39 heavy (non-hydrogen) atoms. The van der Waals surface area contributed by atoms with Crippen LogP contribution < -0.4 is 10.1 Å². The molecule has 0 spiro atoms. The summed E-state index contributed by atoms with van der Waals surface area (Å²) in [6, 6.07) is 1.96. The molecule has 6 rings (SSSR count). The highest BCUT2D eigenvalue weighted by atomic mass is 32.1. The van der Waals surface area contributed by atoms with Crippen molar-refractivity contribution in [3.05, 3.63) is 40.7 Å². The quantitative estimate of drug-likeness (QED) is 0.328. The molecule has 1 saturated carbocycles. The van der Waals surface area contributed by atoms with Crippen molar-refractivity contribution in [1.29, 1.82) is 5.26 Å². The number of nitrogens with zero attached hydrogens (tertiary/aromatic N) is 5. The van der Waals surface area contributed by atoms with Gasteiger partial charge < -0.3 is 19.5 Å². The summed E-state index contributed by atoms with van der Waals surface area (Å²) in [4.78, 5) is 26.3. The van der Waals surface area contributed by atoms with E-state index in [4.69, 9.17) is 9.47 Å². The van der Waals surface area contributed by atoms with Crippen molar-refractivity contribution in [1.82, 2.24) is 19.9 Å². The Morgan fingerprint density at radius 1 is 1.28 bits per heavy atom. The van der Waals surface area contributed by atoms with E-state index in [1.54, 1.807) is 0 Å². The van der Waals surface area contributed by atoms with Gasteiger partial charge in [-0.25, -0.2) is 18.6 Å². The summed E-state index contributed by atoms with van der Waals surface area (Å²) in [6.07, 6.45) is 3.07. The number of nitriles is 1. The van der Waals surface area contributed by atoms with Crippen molar-refractivity contribution in [2.45, 2.75) is 26.1 Å². The van der Waals surface area contributed by atoms with Crippen LogP contribution in [-0.4, -0.2) is 58.3 Å². The van der Waals surface area contributed by atoms with Crippen LogP contribution >= 0.6 is 11.3 Å². The van der Waals surface area contributed by atoms with Crippen LogP contribution in [0.1, 0.15) is 29.5 Å². The Morgan fingerprint density at radius 3 is 2.74 bits per heavy atom. The Bertz CT molecular complexity index is 1710.